The highest BCUT2D eigenvalue weighted by Crippen LogP contribution is 2.33. The van der Waals surface area contributed by atoms with Crippen LogP contribution in [0, 0.1) is 12.1 Å². The van der Waals surface area contributed by atoms with Gasteiger partial charge in [-0.05, 0) is 50.6 Å². The predicted octanol–water partition coefficient (Wildman–Crippen LogP) is 4.68. The van der Waals surface area contributed by atoms with Gasteiger partial charge in [0.15, 0.2) is 5.69 Å². The lowest BCUT2D eigenvalue weighted by Crippen LogP contribution is -2.54. The van der Waals surface area contributed by atoms with E-state index >= 15 is 0 Å². The quantitative estimate of drug-likeness (QED) is 0.0985. The molecule has 1 unspecified atom stereocenters. The second-order valence-corrected chi connectivity index (χ2v) is 11.5. The average Bonchev–Trinajstić information content (AvgIpc) is 3.42. The van der Waals surface area contributed by atoms with Crippen molar-refractivity contribution in [3.05, 3.63) is 71.1 Å². The number of hydrogen-bond donors (Lipinski definition) is 1. The lowest BCUT2D eigenvalue weighted by Gasteiger charge is -2.34. The molecule has 1 saturated heterocycles. The molecule has 2 atom stereocenters. The summed E-state index contributed by atoms with van der Waals surface area (Å²) < 4.78 is 83.0. The number of carbonyl (C=O) groups excluding carboxylic acids is 2. The van der Waals surface area contributed by atoms with Gasteiger partial charge in [-0.15, -0.1) is 5.01 Å². The van der Waals surface area contributed by atoms with Crippen molar-refractivity contribution in [3.8, 4) is 16.9 Å². The van der Waals surface area contributed by atoms with E-state index in [4.69, 9.17) is 9.57 Å². The van der Waals surface area contributed by atoms with Gasteiger partial charge in [-0.2, -0.15) is 18.3 Å². The summed E-state index contributed by atoms with van der Waals surface area (Å²) in [5, 5.41) is 20.2. The topological polar surface area (TPSA) is 177 Å². The van der Waals surface area contributed by atoms with E-state index in [0.29, 0.717) is 12.0 Å². The van der Waals surface area contributed by atoms with Gasteiger partial charge in [-0.3, -0.25) is 4.84 Å². The number of rotatable bonds is 11. The maximum absolute atomic E-state index is 13.5. The van der Waals surface area contributed by atoms with Crippen molar-refractivity contribution in [2.24, 2.45) is 5.28 Å². The SMILES string of the molecule is CCOC(=O)OC(C)O/N=[N+](\[O-])N1CC[C@H]1COC(=O)NS(=O)(=O)c1ccc(-n2nc(C(F)(F)F)cc2-c2ccc(C)cc2)cc1. The molecule has 1 aliphatic rings. The molecule has 1 amide bonds. The summed E-state index contributed by atoms with van der Waals surface area (Å²) in [6.45, 7) is 4.61. The van der Waals surface area contributed by atoms with Gasteiger partial charge in [0.2, 0.25) is 5.28 Å². The van der Waals surface area contributed by atoms with Gasteiger partial charge in [0.1, 0.15) is 12.6 Å². The van der Waals surface area contributed by atoms with Crippen LogP contribution in [-0.2, 0) is 35.2 Å². The number of carbonyl (C=O) groups is 2. The summed E-state index contributed by atoms with van der Waals surface area (Å²) in [7, 11) is -4.45. The van der Waals surface area contributed by atoms with Crippen LogP contribution in [0.4, 0.5) is 22.8 Å². The summed E-state index contributed by atoms with van der Waals surface area (Å²) in [5.41, 5.74) is 0.492. The molecule has 15 nitrogen and oxygen atoms in total. The largest absolute Gasteiger partial charge is 0.569 e. The highest BCUT2D eigenvalue weighted by atomic mass is 32.2. The summed E-state index contributed by atoms with van der Waals surface area (Å²) >= 11 is 0. The van der Waals surface area contributed by atoms with Crippen molar-refractivity contribution in [1.82, 2.24) is 19.5 Å². The second kappa shape index (κ2) is 13.9. The number of benzene rings is 2. The normalized spacial score (nSPS) is 15.8. The molecule has 46 heavy (non-hydrogen) atoms. The minimum atomic E-state index is -4.72. The Labute approximate surface area is 260 Å². The number of nitrogens with zero attached hydrogens (tertiary/aromatic N) is 5. The Morgan fingerprint density at radius 2 is 1.83 bits per heavy atom. The zero-order valence-corrected chi connectivity index (χ0v) is 25.4. The van der Waals surface area contributed by atoms with Crippen LogP contribution >= 0.6 is 0 Å². The Kier molecular flexibility index (Phi) is 10.2. The van der Waals surface area contributed by atoms with Crippen LogP contribution in [0.1, 0.15) is 31.5 Å². The first-order chi connectivity index (χ1) is 21.7. The van der Waals surface area contributed by atoms with Crippen molar-refractivity contribution >= 4 is 22.3 Å². The highest BCUT2D eigenvalue weighted by molar-refractivity contribution is 7.90. The number of aryl methyl sites for hydroxylation is 1. The minimum Gasteiger partial charge on any atom is -0.569 e. The first-order valence-electron chi connectivity index (χ1n) is 13.7. The number of ether oxygens (including phenoxy) is 3. The van der Waals surface area contributed by atoms with E-state index in [2.05, 4.69) is 19.8 Å². The predicted molar refractivity (Wildman–Crippen MR) is 150 cm³/mol. The molecule has 1 aliphatic heterocycles. The van der Waals surface area contributed by atoms with E-state index in [1.54, 1.807) is 35.9 Å². The van der Waals surface area contributed by atoms with E-state index < -0.39 is 46.5 Å². The molecule has 0 saturated carbocycles. The number of hydrazine groups is 1. The average molecular weight is 671 g/mol. The van der Waals surface area contributed by atoms with Gasteiger partial charge >= 0.3 is 18.4 Å². The fourth-order valence-corrected chi connectivity index (χ4v) is 4.96. The molecule has 1 fully saturated rings. The molecule has 4 rings (SSSR count). The number of alkyl halides is 3. The molecule has 19 heteroatoms. The van der Waals surface area contributed by atoms with Crippen molar-refractivity contribution < 1.29 is 55.2 Å². The van der Waals surface area contributed by atoms with Gasteiger partial charge < -0.3 is 19.4 Å². The lowest BCUT2D eigenvalue weighted by molar-refractivity contribution is -0.734. The molecule has 0 bridgehead atoms. The Hall–Kier alpha value is -5.07. The Bertz CT molecular complexity index is 1680. The first-order valence-corrected chi connectivity index (χ1v) is 15.1. The number of amides is 1. The molecule has 2 heterocycles. The Morgan fingerprint density at radius 1 is 1.15 bits per heavy atom. The fourth-order valence-electron chi connectivity index (χ4n) is 4.07. The summed E-state index contributed by atoms with van der Waals surface area (Å²) in [5.74, 6) is 0. The molecule has 2 aromatic carbocycles. The lowest BCUT2D eigenvalue weighted by atomic mass is 10.1. The van der Waals surface area contributed by atoms with Crippen molar-refractivity contribution in [1.29, 1.82) is 0 Å². The summed E-state index contributed by atoms with van der Waals surface area (Å²) in [4.78, 5) is 28.0. The zero-order chi connectivity index (χ0) is 33.6. The van der Waals surface area contributed by atoms with E-state index in [1.165, 1.54) is 19.1 Å². The van der Waals surface area contributed by atoms with Crippen molar-refractivity contribution in [3.63, 3.8) is 0 Å². The molecule has 1 N–H and O–H groups in total. The van der Waals surface area contributed by atoms with Gasteiger partial charge in [0.25, 0.3) is 16.3 Å². The fraction of sp³-hybridized carbons (Fsp3) is 0.370. The summed E-state index contributed by atoms with van der Waals surface area (Å²) in [6.07, 6.45) is -7.90. The van der Waals surface area contributed by atoms with Gasteiger partial charge in [-0.25, -0.2) is 27.4 Å². The van der Waals surface area contributed by atoms with Crippen LogP contribution in [0.3, 0.4) is 0 Å². The van der Waals surface area contributed by atoms with Gasteiger partial charge in [0.05, 0.1) is 34.4 Å². The number of sulfonamides is 1. The third-order valence-corrected chi connectivity index (χ3v) is 7.81. The molecular weight excluding hydrogens is 641 g/mol. The maximum Gasteiger partial charge on any atom is 0.511 e. The molecule has 3 aromatic rings. The van der Waals surface area contributed by atoms with Crippen LogP contribution in [-0.4, -0.2) is 72.5 Å². The number of aromatic nitrogens is 2. The number of hydrogen-bond acceptors (Lipinski definition) is 11. The Balaban J connectivity index is 1.37. The molecule has 0 spiro atoms. The van der Waals surface area contributed by atoms with Crippen molar-refractivity contribution in [2.75, 3.05) is 19.8 Å². The van der Waals surface area contributed by atoms with Gasteiger partial charge in [-0.1, -0.05) is 29.8 Å². The van der Waals surface area contributed by atoms with E-state index in [-0.39, 0.29) is 41.0 Å². The smallest absolute Gasteiger partial charge is 0.511 e. The van der Waals surface area contributed by atoms with E-state index in [0.717, 1.165) is 33.5 Å². The molecule has 0 radical (unpaired) electrons. The third-order valence-electron chi connectivity index (χ3n) is 6.49. The second-order valence-electron chi connectivity index (χ2n) is 9.80. The van der Waals surface area contributed by atoms with Gasteiger partial charge in [0, 0.05) is 12.5 Å². The molecular formula is C27H29F3N6O9S. The van der Waals surface area contributed by atoms with Crippen LogP contribution in [0.15, 0.2) is 64.8 Å². The molecule has 1 aromatic heterocycles. The first kappa shape index (κ1) is 33.8. The maximum atomic E-state index is 13.5. The highest BCUT2D eigenvalue weighted by Gasteiger charge is 2.37. The number of nitrogens with one attached hydrogen (secondary N) is 1. The summed E-state index contributed by atoms with van der Waals surface area (Å²) in [6, 6.07) is 11.6. The molecule has 248 valence electrons. The Morgan fingerprint density at radius 3 is 2.41 bits per heavy atom. The standard InChI is InChI=1S/C27H29F3N6O9S/c1-4-42-26(38)44-18(3)45-33-36(39)34-14-13-21(34)16-43-25(37)32-46(40,41)22-11-9-20(10-12-22)35-23(15-24(31-35)27(28,29)30)19-7-5-17(2)6-8-19/h5-12,15,18,21H,4,13-14,16H2,1-3H3,(H,32,37)/b36-33-/t18?,21-/m0/s1. The van der Waals surface area contributed by atoms with Crippen LogP contribution in [0.5, 0.6) is 0 Å². The zero-order valence-electron chi connectivity index (χ0n) is 24.6. The van der Waals surface area contributed by atoms with Crippen LogP contribution in [0.2, 0.25) is 0 Å². The van der Waals surface area contributed by atoms with Crippen molar-refractivity contribution in [2.45, 2.75) is 50.6 Å². The van der Waals surface area contributed by atoms with E-state index in [1.807, 2.05) is 6.92 Å². The van der Waals surface area contributed by atoms with E-state index in [9.17, 15) is 36.4 Å². The number of halogens is 3. The third kappa shape index (κ3) is 8.34. The molecule has 0 aliphatic carbocycles. The van der Waals surface area contributed by atoms with Crippen LogP contribution < -0.4 is 4.72 Å². The monoisotopic (exact) mass is 670 g/mol. The van der Waals surface area contributed by atoms with Crippen LogP contribution in [0.25, 0.3) is 16.9 Å². The minimum absolute atomic E-state index is 0.0697.